The molecule has 0 aliphatic rings. The van der Waals surface area contributed by atoms with E-state index < -0.39 is 0 Å². The minimum absolute atomic E-state index is 0.000463. The third-order valence-corrected chi connectivity index (χ3v) is 2.63. The third-order valence-electron chi connectivity index (χ3n) is 2.63. The molecule has 0 aliphatic carbocycles. The van der Waals surface area contributed by atoms with Gasteiger partial charge in [0.05, 0.1) is 5.52 Å². The first kappa shape index (κ1) is 8.23. The molecule has 0 saturated carbocycles. The minimum atomic E-state index is 0.000463. The Kier molecular flexibility index (Phi) is 1.48. The number of hydrogen-bond acceptors (Lipinski definition) is 2. The lowest BCUT2D eigenvalue weighted by atomic mass is 10.4. The Balaban J connectivity index is 2.77. The Morgan fingerprint density at radius 1 is 1.20 bits per heavy atom. The fraction of sp³-hybridized carbons (Fsp3) is 0.0909. The van der Waals surface area contributed by atoms with Crippen LogP contribution >= 0.6 is 0 Å². The second kappa shape index (κ2) is 2.70. The molecule has 3 aromatic heterocycles. The van der Waals surface area contributed by atoms with Crippen LogP contribution in [0.5, 0.6) is 0 Å². The maximum absolute atomic E-state index is 11.9. The first-order valence-corrected chi connectivity index (χ1v) is 4.70. The third kappa shape index (κ3) is 0.958. The van der Waals surface area contributed by atoms with Crippen LogP contribution in [0.2, 0.25) is 0 Å². The van der Waals surface area contributed by atoms with Gasteiger partial charge in [0.25, 0.3) is 5.56 Å². The predicted molar refractivity (Wildman–Crippen MR) is 57.9 cm³/mol. The molecule has 0 bridgehead atoms. The van der Waals surface area contributed by atoms with Crippen LogP contribution < -0.4 is 5.56 Å². The van der Waals surface area contributed by atoms with E-state index in [9.17, 15) is 4.79 Å². The van der Waals surface area contributed by atoms with Crippen LogP contribution in [0.1, 0.15) is 0 Å². The van der Waals surface area contributed by atoms with Gasteiger partial charge in [0, 0.05) is 19.4 Å². The second-order valence-corrected chi connectivity index (χ2v) is 3.47. The summed E-state index contributed by atoms with van der Waals surface area (Å²) in [6.07, 6.45) is 3.58. The van der Waals surface area contributed by atoms with Crippen molar-refractivity contribution in [2.24, 2.45) is 7.05 Å². The van der Waals surface area contributed by atoms with Gasteiger partial charge < -0.3 is 4.57 Å². The van der Waals surface area contributed by atoms with E-state index in [1.807, 2.05) is 28.8 Å². The zero-order valence-electron chi connectivity index (χ0n) is 8.21. The highest BCUT2D eigenvalue weighted by Gasteiger charge is 2.07. The number of aryl methyl sites for hydroxylation is 1. The number of aromatic nitrogens is 3. The molecule has 0 spiro atoms. The SMILES string of the molecule is Cn1c(=O)c2cccn2c2ncccc21. The maximum atomic E-state index is 11.9. The van der Waals surface area contributed by atoms with Gasteiger partial charge in [-0.25, -0.2) is 4.98 Å². The van der Waals surface area contributed by atoms with Gasteiger partial charge in [0.1, 0.15) is 5.52 Å². The van der Waals surface area contributed by atoms with E-state index in [0.717, 1.165) is 11.2 Å². The van der Waals surface area contributed by atoms with Crippen LogP contribution in [0.25, 0.3) is 16.7 Å². The van der Waals surface area contributed by atoms with E-state index in [4.69, 9.17) is 0 Å². The van der Waals surface area contributed by atoms with Crippen LogP contribution in [0, 0.1) is 0 Å². The van der Waals surface area contributed by atoms with Gasteiger partial charge in [-0.05, 0) is 24.3 Å². The van der Waals surface area contributed by atoms with Gasteiger partial charge in [0.15, 0.2) is 5.65 Å². The summed E-state index contributed by atoms with van der Waals surface area (Å²) in [5, 5.41) is 0. The summed E-state index contributed by atoms with van der Waals surface area (Å²) in [6.45, 7) is 0. The predicted octanol–water partition coefficient (Wildman–Crippen LogP) is 1.19. The first-order chi connectivity index (χ1) is 7.29. The van der Waals surface area contributed by atoms with Crippen molar-refractivity contribution in [1.29, 1.82) is 0 Å². The highest BCUT2D eigenvalue weighted by atomic mass is 16.1. The number of nitrogens with zero attached hydrogens (tertiary/aromatic N) is 3. The molecule has 15 heavy (non-hydrogen) atoms. The van der Waals surface area contributed by atoms with Gasteiger partial charge in [-0.2, -0.15) is 0 Å². The zero-order chi connectivity index (χ0) is 10.4. The standard InChI is InChI=1S/C11H9N3O/c1-13-8-4-2-6-12-10(8)14-7-3-5-9(14)11(13)15/h2-7H,1H3. The van der Waals surface area contributed by atoms with Crippen molar-refractivity contribution in [3.8, 4) is 0 Å². The van der Waals surface area contributed by atoms with Crippen molar-refractivity contribution in [2.75, 3.05) is 0 Å². The van der Waals surface area contributed by atoms with Crippen LogP contribution in [-0.4, -0.2) is 14.0 Å². The summed E-state index contributed by atoms with van der Waals surface area (Å²) in [5.74, 6) is 0. The fourth-order valence-corrected chi connectivity index (χ4v) is 1.86. The summed E-state index contributed by atoms with van der Waals surface area (Å²) in [5.41, 5.74) is 2.30. The van der Waals surface area contributed by atoms with Crippen molar-refractivity contribution < 1.29 is 0 Å². The van der Waals surface area contributed by atoms with Gasteiger partial charge >= 0.3 is 0 Å². The number of pyridine rings is 1. The minimum Gasteiger partial charge on any atom is -0.307 e. The van der Waals surface area contributed by atoms with Crippen molar-refractivity contribution in [1.82, 2.24) is 14.0 Å². The molecule has 3 rings (SSSR count). The lowest BCUT2D eigenvalue weighted by molar-refractivity contribution is 0.894. The van der Waals surface area contributed by atoms with Crippen molar-refractivity contribution in [3.05, 3.63) is 47.0 Å². The van der Waals surface area contributed by atoms with Gasteiger partial charge in [-0.3, -0.25) is 9.20 Å². The number of fused-ring (bicyclic) bond motifs is 3. The van der Waals surface area contributed by atoms with Crippen LogP contribution in [0.4, 0.5) is 0 Å². The van der Waals surface area contributed by atoms with Crippen LogP contribution in [-0.2, 0) is 7.05 Å². The van der Waals surface area contributed by atoms with Gasteiger partial charge in [0.2, 0.25) is 0 Å². The smallest absolute Gasteiger partial charge is 0.275 e. The van der Waals surface area contributed by atoms with E-state index in [2.05, 4.69) is 4.98 Å². The average Bonchev–Trinajstić information content (AvgIpc) is 2.75. The molecule has 0 atom stereocenters. The molecule has 0 unspecified atom stereocenters. The second-order valence-electron chi connectivity index (χ2n) is 3.47. The van der Waals surface area contributed by atoms with E-state index in [1.165, 1.54) is 0 Å². The molecule has 0 amide bonds. The zero-order valence-corrected chi connectivity index (χ0v) is 8.21. The van der Waals surface area contributed by atoms with Crippen molar-refractivity contribution >= 4 is 16.7 Å². The average molecular weight is 199 g/mol. The van der Waals surface area contributed by atoms with Crippen LogP contribution in [0.15, 0.2) is 41.5 Å². The summed E-state index contributed by atoms with van der Waals surface area (Å²) in [4.78, 5) is 16.2. The number of hydrogen-bond donors (Lipinski definition) is 0. The summed E-state index contributed by atoms with van der Waals surface area (Å²) in [7, 11) is 1.76. The lowest BCUT2D eigenvalue weighted by Gasteiger charge is -2.06. The normalized spacial score (nSPS) is 11.3. The molecule has 3 heterocycles. The summed E-state index contributed by atoms with van der Waals surface area (Å²) < 4.78 is 3.44. The Labute approximate surface area is 85.4 Å². The lowest BCUT2D eigenvalue weighted by Crippen LogP contribution is -2.19. The Morgan fingerprint density at radius 2 is 2.00 bits per heavy atom. The van der Waals surface area contributed by atoms with E-state index in [-0.39, 0.29) is 5.56 Å². The van der Waals surface area contributed by atoms with E-state index in [0.29, 0.717) is 5.52 Å². The summed E-state index contributed by atoms with van der Waals surface area (Å²) >= 11 is 0. The molecule has 4 heteroatoms. The Morgan fingerprint density at radius 3 is 2.87 bits per heavy atom. The van der Waals surface area contributed by atoms with Crippen molar-refractivity contribution in [2.45, 2.75) is 0 Å². The molecular formula is C11H9N3O. The molecule has 0 aliphatic heterocycles. The van der Waals surface area contributed by atoms with Gasteiger partial charge in [-0.15, -0.1) is 0 Å². The number of rotatable bonds is 0. The molecule has 0 radical (unpaired) electrons. The molecule has 0 N–H and O–H groups in total. The van der Waals surface area contributed by atoms with E-state index >= 15 is 0 Å². The highest BCUT2D eigenvalue weighted by Crippen LogP contribution is 2.10. The Hall–Kier alpha value is -2.10. The molecule has 0 fully saturated rings. The quantitative estimate of drug-likeness (QED) is 0.545. The molecule has 74 valence electrons. The Bertz CT molecular complexity index is 708. The van der Waals surface area contributed by atoms with Crippen molar-refractivity contribution in [3.63, 3.8) is 0 Å². The monoisotopic (exact) mass is 199 g/mol. The van der Waals surface area contributed by atoms with Crippen LogP contribution in [0.3, 0.4) is 0 Å². The van der Waals surface area contributed by atoms with E-state index in [1.54, 1.807) is 23.9 Å². The largest absolute Gasteiger partial charge is 0.307 e. The van der Waals surface area contributed by atoms with Gasteiger partial charge in [-0.1, -0.05) is 0 Å². The molecule has 3 aromatic rings. The molecular weight excluding hydrogens is 190 g/mol. The molecule has 0 saturated heterocycles. The fourth-order valence-electron chi connectivity index (χ4n) is 1.86. The molecule has 4 nitrogen and oxygen atoms in total. The first-order valence-electron chi connectivity index (χ1n) is 4.70. The summed E-state index contributed by atoms with van der Waals surface area (Å²) in [6, 6.07) is 7.38. The molecule has 0 aromatic carbocycles. The topological polar surface area (TPSA) is 39.3 Å². The maximum Gasteiger partial charge on any atom is 0.275 e. The highest BCUT2D eigenvalue weighted by molar-refractivity contribution is 5.74.